The lowest BCUT2D eigenvalue weighted by Gasteiger charge is -2.33. The quantitative estimate of drug-likeness (QED) is 0.823. The highest BCUT2D eigenvalue weighted by atomic mass is 16.5. The minimum absolute atomic E-state index is 0.0205. The second-order valence-electron chi connectivity index (χ2n) is 7.80. The minimum Gasteiger partial charge on any atom is -0.375 e. The van der Waals surface area contributed by atoms with Gasteiger partial charge >= 0.3 is 0 Å². The SMILES string of the molecule is Cc1cc(C)n2nc(C)c(C(=O)N3CCO[C@@H](CCCC(C)C)C3)c2n1. The fourth-order valence-corrected chi connectivity index (χ4v) is 3.67. The van der Waals surface area contributed by atoms with E-state index >= 15 is 0 Å². The van der Waals surface area contributed by atoms with Crippen molar-refractivity contribution in [1.82, 2.24) is 19.5 Å². The summed E-state index contributed by atoms with van der Waals surface area (Å²) >= 11 is 0. The van der Waals surface area contributed by atoms with Gasteiger partial charge in [-0.2, -0.15) is 5.10 Å². The Labute approximate surface area is 155 Å². The first kappa shape index (κ1) is 18.8. The van der Waals surface area contributed by atoms with Gasteiger partial charge in [-0.15, -0.1) is 0 Å². The molecule has 0 aromatic carbocycles. The molecule has 0 saturated carbocycles. The van der Waals surface area contributed by atoms with Crippen LogP contribution in [0, 0.1) is 26.7 Å². The average Bonchev–Trinajstić information content (AvgIpc) is 2.90. The molecular weight excluding hydrogens is 328 g/mol. The zero-order chi connectivity index (χ0) is 18.8. The molecule has 0 radical (unpaired) electrons. The van der Waals surface area contributed by atoms with Crippen LogP contribution < -0.4 is 0 Å². The van der Waals surface area contributed by atoms with Crippen molar-refractivity contribution < 1.29 is 9.53 Å². The molecule has 2 aromatic rings. The molecule has 3 rings (SSSR count). The predicted molar refractivity (Wildman–Crippen MR) is 102 cm³/mol. The van der Waals surface area contributed by atoms with E-state index in [4.69, 9.17) is 4.74 Å². The van der Waals surface area contributed by atoms with Crippen LogP contribution in [0.3, 0.4) is 0 Å². The van der Waals surface area contributed by atoms with Crippen molar-refractivity contribution in [3.63, 3.8) is 0 Å². The normalized spacial score (nSPS) is 18.1. The third-order valence-corrected chi connectivity index (χ3v) is 5.02. The lowest BCUT2D eigenvalue weighted by atomic mass is 10.0. The highest BCUT2D eigenvalue weighted by Crippen LogP contribution is 2.21. The van der Waals surface area contributed by atoms with E-state index in [0.29, 0.717) is 36.8 Å². The number of aromatic nitrogens is 3. The number of carbonyl (C=O) groups is 1. The average molecular weight is 358 g/mol. The highest BCUT2D eigenvalue weighted by molar-refractivity contribution is 6.01. The van der Waals surface area contributed by atoms with Gasteiger partial charge in [-0.25, -0.2) is 9.50 Å². The lowest BCUT2D eigenvalue weighted by molar-refractivity contribution is -0.0259. The summed E-state index contributed by atoms with van der Waals surface area (Å²) in [5, 5.41) is 4.53. The standard InChI is InChI=1S/C20H30N4O2/c1-13(2)7-6-8-17-12-23(9-10-26-17)20(25)18-16(5)22-24-15(4)11-14(3)21-19(18)24/h11,13,17H,6-10,12H2,1-5H3/t17-/m0/s1. The molecule has 0 spiro atoms. The number of aryl methyl sites for hydroxylation is 3. The van der Waals surface area contributed by atoms with Crippen LogP contribution >= 0.6 is 0 Å². The Bertz CT molecular complexity index is 797. The summed E-state index contributed by atoms with van der Waals surface area (Å²) in [5.74, 6) is 0.725. The fourth-order valence-electron chi connectivity index (χ4n) is 3.67. The first-order valence-electron chi connectivity index (χ1n) is 9.61. The molecule has 1 atom stereocenters. The largest absolute Gasteiger partial charge is 0.375 e. The van der Waals surface area contributed by atoms with Gasteiger partial charge < -0.3 is 9.64 Å². The Morgan fingerprint density at radius 3 is 2.85 bits per heavy atom. The summed E-state index contributed by atoms with van der Waals surface area (Å²) in [5.41, 5.74) is 3.91. The predicted octanol–water partition coefficient (Wildman–Crippen LogP) is 3.32. The van der Waals surface area contributed by atoms with Gasteiger partial charge in [0.1, 0.15) is 5.56 Å². The number of hydrogen-bond acceptors (Lipinski definition) is 4. The van der Waals surface area contributed by atoms with Gasteiger partial charge in [0.15, 0.2) is 5.65 Å². The summed E-state index contributed by atoms with van der Waals surface area (Å²) in [7, 11) is 0. The van der Waals surface area contributed by atoms with Gasteiger partial charge in [-0.05, 0) is 39.2 Å². The molecule has 0 bridgehead atoms. The fraction of sp³-hybridized carbons (Fsp3) is 0.650. The maximum Gasteiger partial charge on any atom is 0.259 e. The van der Waals surface area contributed by atoms with Gasteiger partial charge in [-0.3, -0.25) is 4.79 Å². The van der Waals surface area contributed by atoms with Gasteiger partial charge in [0, 0.05) is 24.5 Å². The van der Waals surface area contributed by atoms with Gasteiger partial charge in [0.25, 0.3) is 5.91 Å². The monoisotopic (exact) mass is 358 g/mol. The van der Waals surface area contributed by atoms with Gasteiger partial charge in [0.05, 0.1) is 18.4 Å². The Kier molecular flexibility index (Phi) is 5.61. The molecule has 26 heavy (non-hydrogen) atoms. The van der Waals surface area contributed by atoms with Crippen molar-refractivity contribution in [3.05, 3.63) is 28.7 Å². The zero-order valence-corrected chi connectivity index (χ0v) is 16.6. The van der Waals surface area contributed by atoms with Crippen LogP contribution in [-0.2, 0) is 4.74 Å². The molecule has 1 amide bonds. The number of ether oxygens (including phenoxy) is 1. The lowest BCUT2D eigenvalue weighted by Crippen LogP contribution is -2.45. The van der Waals surface area contributed by atoms with Crippen molar-refractivity contribution in [1.29, 1.82) is 0 Å². The number of fused-ring (bicyclic) bond motifs is 1. The summed E-state index contributed by atoms with van der Waals surface area (Å²) in [6.45, 7) is 12.2. The molecule has 0 unspecified atom stereocenters. The van der Waals surface area contributed by atoms with Crippen LogP contribution in [0.15, 0.2) is 6.07 Å². The van der Waals surface area contributed by atoms with Crippen LogP contribution in [0.1, 0.15) is 60.5 Å². The van der Waals surface area contributed by atoms with E-state index in [1.165, 1.54) is 6.42 Å². The first-order valence-corrected chi connectivity index (χ1v) is 9.61. The topological polar surface area (TPSA) is 59.7 Å². The molecule has 142 valence electrons. The van der Waals surface area contributed by atoms with Gasteiger partial charge in [-0.1, -0.05) is 26.7 Å². The van der Waals surface area contributed by atoms with E-state index in [9.17, 15) is 4.79 Å². The first-order chi connectivity index (χ1) is 12.4. The molecule has 6 nitrogen and oxygen atoms in total. The number of morpholine rings is 1. The molecule has 0 N–H and O–H groups in total. The van der Waals surface area contributed by atoms with Crippen LogP contribution in [0.5, 0.6) is 0 Å². The van der Waals surface area contributed by atoms with E-state index in [-0.39, 0.29) is 12.0 Å². The number of hydrogen-bond donors (Lipinski definition) is 0. The Morgan fingerprint density at radius 1 is 1.35 bits per heavy atom. The van der Waals surface area contributed by atoms with E-state index in [2.05, 4.69) is 23.9 Å². The molecule has 1 aliphatic heterocycles. The molecule has 6 heteroatoms. The Morgan fingerprint density at radius 2 is 2.12 bits per heavy atom. The van der Waals surface area contributed by atoms with Gasteiger partial charge in [0.2, 0.25) is 0 Å². The number of amides is 1. The molecule has 1 aliphatic rings. The van der Waals surface area contributed by atoms with E-state index in [0.717, 1.165) is 29.9 Å². The number of carbonyl (C=O) groups excluding carboxylic acids is 1. The van der Waals surface area contributed by atoms with Crippen molar-refractivity contribution in [2.75, 3.05) is 19.7 Å². The van der Waals surface area contributed by atoms with Crippen molar-refractivity contribution >= 4 is 11.6 Å². The van der Waals surface area contributed by atoms with Crippen molar-refractivity contribution in [3.8, 4) is 0 Å². The van der Waals surface area contributed by atoms with Crippen molar-refractivity contribution in [2.24, 2.45) is 5.92 Å². The summed E-state index contributed by atoms with van der Waals surface area (Å²) < 4.78 is 7.66. The van der Waals surface area contributed by atoms with E-state index in [1.807, 2.05) is 31.7 Å². The molecule has 2 aromatic heterocycles. The van der Waals surface area contributed by atoms with Crippen molar-refractivity contribution in [2.45, 2.75) is 60.0 Å². The second-order valence-corrected chi connectivity index (χ2v) is 7.80. The minimum atomic E-state index is 0.0205. The summed E-state index contributed by atoms with van der Waals surface area (Å²) in [6.07, 6.45) is 3.47. The third-order valence-electron chi connectivity index (χ3n) is 5.02. The maximum absolute atomic E-state index is 13.2. The Hall–Kier alpha value is -1.95. The summed E-state index contributed by atoms with van der Waals surface area (Å²) in [6, 6.07) is 1.98. The molecule has 0 aliphatic carbocycles. The number of rotatable bonds is 5. The molecule has 1 fully saturated rings. The van der Waals surface area contributed by atoms with Crippen LogP contribution in [0.4, 0.5) is 0 Å². The van der Waals surface area contributed by atoms with Crippen LogP contribution in [0.2, 0.25) is 0 Å². The molecule has 3 heterocycles. The van der Waals surface area contributed by atoms with Crippen LogP contribution in [-0.4, -0.2) is 51.2 Å². The maximum atomic E-state index is 13.2. The Balaban J connectivity index is 1.78. The van der Waals surface area contributed by atoms with E-state index < -0.39 is 0 Å². The number of nitrogens with zero attached hydrogens (tertiary/aromatic N) is 4. The zero-order valence-electron chi connectivity index (χ0n) is 16.6. The van der Waals surface area contributed by atoms with E-state index in [1.54, 1.807) is 4.52 Å². The molecular formula is C20H30N4O2. The van der Waals surface area contributed by atoms with Crippen LogP contribution in [0.25, 0.3) is 5.65 Å². The summed E-state index contributed by atoms with van der Waals surface area (Å²) in [4.78, 5) is 19.7. The smallest absolute Gasteiger partial charge is 0.259 e. The molecule has 1 saturated heterocycles. The second kappa shape index (κ2) is 7.74. The highest BCUT2D eigenvalue weighted by Gasteiger charge is 2.29. The third kappa shape index (κ3) is 3.90.